The number of nitrogens with zero attached hydrogens (tertiary/aromatic N) is 2. The summed E-state index contributed by atoms with van der Waals surface area (Å²) in [5.74, 6) is 1.94. The van der Waals surface area contributed by atoms with E-state index in [0.29, 0.717) is 28.8 Å². The highest BCUT2D eigenvalue weighted by Gasteiger charge is 2.44. The van der Waals surface area contributed by atoms with Crippen molar-refractivity contribution in [1.82, 2.24) is 10.2 Å². The van der Waals surface area contributed by atoms with Crippen LogP contribution in [0.4, 0.5) is 0 Å². The largest absolute Gasteiger partial charge is 0.457 e. The normalized spacial score (nSPS) is 31.2. The van der Waals surface area contributed by atoms with Crippen molar-refractivity contribution in [3.05, 3.63) is 60.0 Å². The number of aryl methyl sites for hydroxylation is 1. The van der Waals surface area contributed by atoms with Gasteiger partial charge in [-0.05, 0) is 42.0 Å². The van der Waals surface area contributed by atoms with Gasteiger partial charge in [-0.2, -0.15) is 0 Å². The molecule has 0 bridgehead atoms. The maximum atomic E-state index is 11.2. The standard InChI is InChI=1S/C27H32N2O10/c1-14-28-29-26(35-14)15-5-7-17(8-6-15)36-18-4-2-3-16(9-18)25-24(34)22(11-20(13-31)37-25)39-27-23(33)21(32)10-19(12-30)38-27/h2-9,19-25,27,30-34H,10-13H2,1H3. The lowest BCUT2D eigenvalue weighted by molar-refractivity contribution is -0.309. The Morgan fingerprint density at radius 3 is 2.31 bits per heavy atom. The Morgan fingerprint density at radius 2 is 1.62 bits per heavy atom. The fourth-order valence-corrected chi connectivity index (χ4v) is 4.75. The molecule has 2 aliphatic rings. The van der Waals surface area contributed by atoms with E-state index in [1.807, 2.05) is 0 Å². The highest BCUT2D eigenvalue weighted by atomic mass is 16.7. The number of aromatic nitrogens is 2. The second-order valence-electron chi connectivity index (χ2n) is 9.69. The van der Waals surface area contributed by atoms with Gasteiger partial charge in [0.1, 0.15) is 29.8 Å². The van der Waals surface area contributed by atoms with Gasteiger partial charge in [-0.3, -0.25) is 0 Å². The molecule has 0 saturated carbocycles. The molecule has 2 aliphatic heterocycles. The van der Waals surface area contributed by atoms with E-state index in [0.717, 1.165) is 5.56 Å². The Morgan fingerprint density at radius 1 is 0.872 bits per heavy atom. The SMILES string of the molecule is Cc1nnc(-c2ccc(Oc3cccc(C4OC(CO)CC(OC5OC(CO)CC(O)C5O)C4O)c3)cc2)o1. The van der Waals surface area contributed by atoms with Crippen molar-refractivity contribution in [3.8, 4) is 23.0 Å². The van der Waals surface area contributed by atoms with E-state index in [1.165, 1.54) is 0 Å². The van der Waals surface area contributed by atoms with Gasteiger partial charge in [-0.15, -0.1) is 10.2 Å². The smallest absolute Gasteiger partial charge is 0.247 e. The highest BCUT2D eigenvalue weighted by molar-refractivity contribution is 5.54. The number of ether oxygens (including phenoxy) is 4. The zero-order valence-corrected chi connectivity index (χ0v) is 21.2. The molecule has 0 radical (unpaired) electrons. The molecule has 210 valence electrons. The molecule has 0 spiro atoms. The van der Waals surface area contributed by atoms with Crippen molar-refractivity contribution in [2.24, 2.45) is 0 Å². The molecule has 0 amide bonds. The van der Waals surface area contributed by atoms with E-state index in [9.17, 15) is 25.5 Å². The quantitative estimate of drug-likeness (QED) is 0.275. The van der Waals surface area contributed by atoms with Crippen molar-refractivity contribution in [3.63, 3.8) is 0 Å². The van der Waals surface area contributed by atoms with Gasteiger partial charge >= 0.3 is 0 Å². The Labute approximate surface area is 224 Å². The van der Waals surface area contributed by atoms with Crippen LogP contribution >= 0.6 is 0 Å². The average molecular weight is 545 g/mol. The van der Waals surface area contributed by atoms with Crippen LogP contribution in [0.15, 0.2) is 52.9 Å². The van der Waals surface area contributed by atoms with Crippen LogP contribution in [0.2, 0.25) is 0 Å². The molecule has 12 nitrogen and oxygen atoms in total. The van der Waals surface area contributed by atoms with E-state index >= 15 is 0 Å². The molecular weight excluding hydrogens is 512 g/mol. The summed E-state index contributed by atoms with van der Waals surface area (Å²) in [5, 5.41) is 58.8. The van der Waals surface area contributed by atoms with Crippen LogP contribution in [0, 0.1) is 6.92 Å². The first-order valence-corrected chi connectivity index (χ1v) is 12.7. The minimum absolute atomic E-state index is 0.0574. The first-order valence-electron chi connectivity index (χ1n) is 12.7. The predicted octanol–water partition coefficient (Wildman–Crippen LogP) is 1.23. The number of benzene rings is 2. The van der Waals surface area contributed by atoms with E-state index in [4.69, 9.17) is 23.4 Å². The molecule has 5 rings (SSSR count). The number of hydrogen-bond donors (Lipinski definition) is 5. The molecule has 39 heavy (non-hydrogen) atoms. The topological polar surface area (TPSA) is 177 Å². The molecule has 1 aromatic heterocycles. The van der Waals surface area contributed by atoms with Crippen molar-refractivity contribution >= 4 is 0 Å². The third kappa shape index (κ3) is 6.29. The minimum atomic E-state index is -1.36. The number of hydrogen-bond acceptors (Lipinski definition) is 12. The van der Waals surface area contributed by atoms with E-state index in [2.05, 4.69) is 10.2 Å². The fourth-order valence-electron chi connectivity index (χ4n) is 4.75. The summed E-state index contributed by atoms with van der Waals surface area (Å²) in [6.45, 7) is 1.05. The van der Waals surface area contributed by atoms with Crippen molar-refractivity contribution < 1.29 is 48.9 Å². The van der Waals surface area contributed by atoms with Crippen LogP contribution < -0.4 is 4.74 Å². The van der Waals surface area contributed by atoms with Crippen LogP contribution in [0.1, 0.15) is 30.4 Å². The molecule has 3 aromatic rings. The molecule has 2 fully saturated rings. The van der Waals surface area contributed by atoms with Crippen LogP contribution in [-0.2, 0) is 14.2 Å². The number of aliphatic hydroxyl groups is 5. The molecule has 12 heteroatoms. The molecule has 2 saturated heterocycles. The van der Waals surface area contributed by atoms with E-state index < -0.39 is 49.0 Å². The summed E-state index contributed by atoms with van der Waals surface area (Å²) in [6.07, 6.45) is -7.93. The van der Waals surface area contributed by atoms with Gasteiger partial charge < -0.3 is 48.9 Å². The molecular formula is C27H32N2O10. The first-order chi connectivity index (χ1) is 18.8. The summed E-state index contributed by atoms with van der Waals surface area (Å²) in [7, 11) is 0. The Kier molecular flexibility index (Phi) is 8.54. The number of aliphatic hydroxyl groups excluding tert-OH is 5. The average Bonchev–Trinajstić information content (AvgIpc) is 3.38. The van der Waals surface area contributed by atoms with Gasteiger partial charge in [0, 0.05) is 25.3 Å². The molecule has 0 aliphatic carbocycles. The lowest BCUT2D eigenvalue weighted by Crippen LogP contribution is -2.54. The van der Waals surface area contributed by atoms with Gasteiger partial charge in [0.05, 0.1) is 37.6 Å². The van der Waals surface area contributed by atoms with Gasteiger partial charge in [-0.1, -0.05) is 12.1 Å². The monoisotopic (exact) mass is 544 g/mol. The summed E-state index contributed by atoms with van der Waals surface area (Å²) in [4.78, 5) is 0. The molecule has 8 unspecified atom stereocenters. The Bertz CT molecular complexity index is 1220. The fraction of sp³-hybridized carbons (Fsp3) is 0.481. The maximum Gasteiger partial charge on any atom is 0.247 e. The van der Waals surface area contributed by atoms with Gasteiger partial charge in [0.15, 0.2) is 6.29 Å². The zero-order chi connectivity index (χ0) is 27.5. The predicted molar refractivity (Wildman–Crippen MR) is 134 cm³/mol. The first kappa shape index (κ1) is 27.6. The summed E-state index contributed by atoms with van der Waals surface area (Å²) in [5.41, 5.74) is 1.34. The third-order valence-electron chi connectivity index (χ3n) is 6.80. The second kappa shape index (κ2) is 12.1. The van der Waals surface area contributed by atoms with Gasteiger partial charge in [-0.25, -0.2) is 0 Å². The molecule has 3 heterocycles. The summed E-state index contributed by atoms with van der Waals surface area (Å²) >= 11 is 0. The second-order valence-corrected chi connectivity index (χ2v) is 9.69. The van der Waals surface area contributed by atoms with Crippen LogP contribution in [0.25, 0.3) is 11.5 Å². The van der Waals surface area contributed by atoms with Gasteiger partial charge in [0.25, 0.3) is 0 Å². The summed E-state index contributed by atoms with van der Waals surface area (Å²) in [6, 6.07) is 14.1. The number of rotatable bonds is 8. The highest BCUT2D eigenvalue weighted by Crippen LogP contribution is 2.37. The van der Waals surface area contributed by atoms with E-state index in [1.54, 1.807) is 55.5 Å². The molecule has 5 N–H and O–H groups in total. The third-order valence-corrected chi connectivity index (χ3v) is 6.80. The van der Waals surface area contributed by atoms with Gasteiger partial charge in [0.2, 0.25) is 11.8 Å². The van der Waals surface area contributed by atoms with Crippen LogP contribution in [0.5, 0.6) is 11.5 Å². The lowest BCUT2D eigenvalue weighted by atomic mass is 9.92. The maximum absolute atomic E-state index is 11.2. The zero-order valence-electron chi connectivity index (χ0n) is 21.2. The minimum Gasteiger partial charge on any atom is -0.457 e. The molecule has 8 atom stereocenters. The van der Waals surface area contributed by atoms with Crippen LogP contribution in [0.3, 0.4) is 0 Å². The van der Waals surface area contributed by atoms with Crippen molar-refractivity contribution in [1.29, 1.82) is 0 Å². The van der Waals surface area contributed by atoms with Crippen molar-refractivity contribution in [2.45, 2.75) is 68.8 Å². The van der Waals surface area contributed by atoms with Crippen molar-refractivity contribution in [2.75, 3.05) is 13.2 Å². The summed E-state index contributed by atoms with van der Waals surface area (Å²) < 4.78 is 28.9. The Balaban J connectivity index is 1.30. The van der Waals surface area contributed by atoms with Crippen LogP contribution in [-0.4, -0.2) is 91.9 Å². The van der Waals surface area contributed by atoms with E-state index in [-0.39, 0.29) is 26.1 Å². The lowest BCUT2D eigenvalue weighted by Gasteiger charge is -2.43. The molecule has 2 aromatic carbocycles. The Hall–Kier alpha value is -2.94.